The van der Waals surface area contributed by atoms with E-state index in [1.54, 1.807) is 0 Å². The molecule has 6 heteroatoms. The molecule has 0 fully saturated rings. The molecule has 0 amide bonds. The summed E-state index contributed by atoms with van der Waals surface area (Å²) in [4.78, 5) is 4.18. The number of pyridine rings is 1. The number of nitrogens with zero attached hydrogens (tertiary/aromatic N) is 1. The van der Waals surface area contributed by atoms with Crippen molar-refractivity contribution in [3.05, 3.63) is 42.6 Å². The van der Waals surface area contributed by atoms with Crippen LogP contribution >= 0.6 is 0 Å². The van der Waals surface area contributed by atoms with Gasteiger partial charge in [-0.1, -0.05) is 24.3 Å². The first-order valence-electron chi connectivity index (χ1n) is 4.78. The van der Waals surface area contributed by atoms with Gasteiger partial charge < -0.3 is 0 Å². The van der Waals surface area contributed by atoms with E-state index < -0.39 is 10.1 Å². The van der Waals surface area contributed by atoms with E-state index in [1.807, 2.05) is 30.5 Å². The molecule has 0 aliphatic carbocycles. The molecule has 0 aliphatic heterocycles. The molecule has 0 spiro atoms. The quantitative estimate of drug-likeness (QED) is 0.625. The zero-order valence-electron chi connectivity index (χ0n) is 8.87. The van der Waals surface area contributed by atoms with Gasteiger partial charge in [0.2, 0.25) is 0 Å². The molecule has 0 aliphatic rings. The number of hydrogen-bond donors (Lipinski definition) is 1. The largest absolute Gasteiger partial charge is 0.256 e. The van der Waals surface area contributed by atoms with Gasteiger partial charge in [-0.3, -0.25) is 9.54 Å². The molecule has 1 N–H and O–H groups in total. The second kappa shape index (κ2) is 7.79. The van der Waals surface area contributed by atoms with E-state index in [0.29, 0.717) is 0 Å². The fourth-order valence-electron chi connectivity index (χ4n) is 1.02. The average molecular weight is 263 g/mol. The van der Waals surface area contributed by atoms with Crippen LogP contribution < -0.4 is 0 Å². The Hall–Kier alpha value is -0.460. The Morgan fingerprint density at radius 1 is 1.18 bits per heavy atom. The molecule has 1 aromatic carbocycles. The first kappa shape index (κ1) is 16.5. The van der Waals surface area contributed by atoms with Crippen LogP contribution in [0, 0.1) is 0 Å². The summed E-state index contributed by atoms with van der Waals surface area (Å²) >= 11 is 0. The first-order valence-corrected chi connectivity index (χ1v) is 6.39. The molecule has 0 unspecified atom stereocenters. The van der Waals surface area contributed by atoms with Gasteiger partial charge in [0.1, 0.15) is 0 Å². The van der Waals surface area contributed by atoms with Crippen LogP contribution in [0.3, 0.4) is 0 Å². The molecule has 2 aromatic rings. The number of fused-ring (bicyclic) bond motifs is 1. The molecule has 0 radical (unpaired) electrons. The monoisotopic (exact) mass is 263 g/mol. The molecule has 88 valence electrons. The Balaban J connectivity index is 0.000000324. The van der Waals surface area contributed by atoms with Crippen molar-refractivity contribution in [2.45, 2.75) is 6.92 Å². The SMILES string of the molecule is CCS(=O)(=O)O.[NaH].c1ccc2ncccc2c1. The second-order valence-corrected chi connectivity index (χ2v) is 4.81. The van der Waals surface area contributed by atoms with E-state index in [0.717, 1.165) is 5.52 Å². The minimum Gasteiger partial charge on any atom is -0.256 e. The molecule has 0 saturated heterocycles. The molecular formula is C11H14NNaO3S. The molecular weight excluding hydrogens is 249 g/mol. The van der Waals surface area contributed by atoms with Crippen LogP contribution in [0.25, 0.3) is 10.9 Å². The molecule has 4 nitrogen and oxygen atoms in total. The maximum absolute atomic E-state index is 9.56. The van der Waals surface area contributed by atoms with Crippen LogP contribution in [0.4, 0.5) is 0 Å². The van der Waals surface area contributed by atoms with Crippen molar-refractivity contribution in [2.24, 2.45) is 0 Å². The summed E-state index contributed by atoms with van der Waals surface area (Å²) in [6.07, 6.45) is 1.81. The summed E-state index contributed by atoms with van der Waals surface area (Å²) in [5.41, 5.74) is 1.06. The minimum absolute atomic E-state index is 0. The summed E-state index contributed by atoms with van der Waals surface area (Å²) < 4.78 is 26.9. The van der Waals surface area contributed by atoms with Gasteiger partial charge >= 0.3 is 29.6 Å². The van der Waals surface area contributed by atoms with E-state index in [1.165, 1.54) is 12.3 Å². The Kier molecular flexibility index (Phi) is 7.58. The first-order chi connectivity index (χ1) is 7.53. The molecule has 17 heavy (non-hydrogen) atoms. The van der Waals surface area contributed by atoms with E-state index >= 15 is 0 Å². The Bertz CT molecular complexity index is 492. The summed E-state index contributed by atoms with van der Waals surface area (Å²) in [7, 11) is -3.66. The summed E-state index contributed by atoms with van der Waals surface area (Å²) in [5, 5.41) is 1.20. The Morgan fingerprint density at radius 3 is 2.24 bits per heavy atom. The molecule has 2 rings (SSSR count). The van der Waals surface area contributed by atoms with Crippen LogP contribution in [0.2, 0.25) is 0 Å². The maximum Gasteiger partial charge on any atom is 0.0701 e. The zero-order valence-corrected chi connectivity index (χ0v) is 9.68. The Morgan fingerprint density at radius 2 is 1.71 bits per heavy atom. The van der Waals surface area contributed by atoms with Gasteiger partial charge in [-0.15, -0.1) is 0 Å². The third kappa shape index (κ3) is 6.75. The van der Waals surface area contributed by atoms with Gasteiger partial charge in [-0.05, 0) is 19.1 Å². The molecule has 0 bridgehead atoms. The number of aromatic nitrogens is 1. The maximum atomic E-state index is 9.56. The van der Waals surface area contributed by atoms with Crippen molar-refractivity contribution < 1.29 is 13.0 Å². The summed E-state index contributed by atoms with van der Waals surface area (Å²) in [5.74, 6) is -0.201. The van der Waals surface area contributed by atoms with Crippen LogP contribution in [0.1, 0.15) is 6.92 Å². The van der Waals surface area contributed by atoms with Gasteiger partial charge in [-0.25, -0.2) is 0 Å². The van der Waals surface area contributed by atoms with Gasteiger partial charge in [0.25, 0.3) is 10.1 Å². The van der Waals surface area contributed by atoms with E-state index in [2.05, 4.69) is 17.1 Å². The van der Waals surface area contributed by atoms with Gasteiger partial charge in [-0.2, -0.15) is 8.42 Å². The molecule has 0 saturated carbocycles. The number of benzene rings is 1. The standard InChI is InChI=1S/C9H7N.C2H6O3S.Na.H/c1-2-6-9-8(4-1)5-3-7-10-9;1-2-6(3,4)5;;/h1-7H;2H2,1H3,(H,3,4,5);;. The number of hydrogen-bond acceptors (Lipinski definition) is 3. The van der Waals surface area contributed by atoms with E-state index in [-0.39, 0.29) is 35.3 Å². The van der Waals surface area contributed by atoms with Crippen molar-refractivity contribution in [3.63, 3.8) is 0 Å². The normalized spacial score (nSPS) is 10.0. The summed E-state index contributed by atoms with van der Waals surface area (Å²) in [6.45, 7) is 1.37. The predicted octanol–water partition coefficient (Wildman–Crippen LogP) is 1.48. The second-order valence-electron chi connectivity index (χ2n) is 3.07. The van der Waals surface area contributed by atoms with Gasteiger partial charge in [0.15, 0.2) is 0 Å². The fraction of sp³-hybridized carbons (Fsp3) is 0.182. The van der Waals surface area contributed by atoms with E-state index in [9.17, 15) is 8.42 Å². The van der Waals surface area contributed by atoms with Gasteiger partial charge in [0, 0.05) is 11.6 Å². The van der Waals surface area contributed by atoms with Crippen molar-refractivity contribution in [1.82, 2.24) is 4.98 Å². The third-order valence-electron chi connectivity index (χ3n) is 1.88. The molecule has 1 aromatic heterocycles. The van der Waals surface area contributed by atoms with Crippen molar-refractivity contribution in [2.75, 3.05) is 5.75 Å². The minimum atomic E-state index is -3.66. The predicted molar refractivity (Wildman–Crippen MR) is 71.0 cm³/mol. The summed E-state index contributed by atoms with van der Waals surface area (Å²) in [6, 6.07) is 12.1. The van der Waals surface area contributed by atoms with Crippen LogP contribution in [0.15, 0.2) is 42.6 Å². The van der Waals surface area contributed by atoms with E-state index in [4.69, 9.17) is 4.55 Å². The fourth-order valence-corrected chi connectivity index (χ4v) is 1.02. The van der Waals surface area contributed by atoms with Crippen LogP contribution in [-0.4, -0.2) is 53.3 Å². The molecule has 0 atom stereocenters. The number of para-hydroxylation sites is 1. The van der Waals surface area contributed by atoms with Crippen molar-refractivity contribution in [3.8, 4) is 0 Å². The van der Waals surface area contributed by atoms with Crippen LogP contribution in [0.5, 0.6) is 0 Å². The molecule has 1 heterocycles. The van der Waals surface area contributed by atoms with Crippen molar-refractivity contribution >= 4 is 50.6 Å². The smallest absolute Gasteiger partial charge is 0.0701 e. The van der Waals surface area contributed by atoms with Gasteiger partial charge in [0.05, 0.1) is 11.3 Å². The third-order valence-corrected chi connectivity index (χ3v) is 2.61. The van der Waals surface area contributed by atoms with Crippen molar-refractivity contribution in [1.29, 1.82) is 0 Å². The topological polar surface area (TPSA) is 67.3 Å². The number of rotatable bonds is 1. The van der Waals surface area contributed by atoms with Crippen LogP contribution in [-0.2, 0) is 10.1 Å². The zero-order chi connectivity index (χ0) is 12.0. The average Bonchev–Trinajstić information content (AvgIpc) is 2.29. The Labute approximate surface area is 123 Å².